The van der Waals surface area contributed by atoms with Crippen LogP contribution in [0.2, 0.25) is 0 Å². The van der Waals surface area contributed by atoms with Gasteiger partial charge in [-0.2, -0.15) is 10.2 Å². The van der Waals surface area contributed by atoms with Gasteiger partial charge in [0.25, 0.3) is 5.91 Å². The van der Waals surface area contributed by atoms with E-state index in [2.05, 4.69) is 44.9 Å². The summed E-state index contributed by atoms with van der Waals surface area (Å²) in [5, 5.41) is 23.9. The van der Waals surface area contributed by atoms with Gasteiger partial charge in [0.15, 0.2) is 18.4 Å². The average molecular weight is 979 g/mol. The third kappa shape index (κ3) is 11.5. The van der Waals surface area contributed by atoms with Crippen molar-refractivity contribution in [2.75, 3.05) is 25.6 Å². The van der Waals surface area contributed by atoms with Crippen LogP contribution in [-0.4, -0.2) is 83.3 Å². The number of nitriles is 1. The van der Waals surface area contributed by atoms with Crippen LogP contribution in [0.25, 0.3) is 0 Å². The predicted molar refractivity (Wildman–Crippen MR) is 254 cm³/mol. The zero-order valence-electron chi connectivity index (χ0n) is 41.3. The number of hydrogen-bond donors (Lipinski definition) is 2. The maximum absolute atomic E-state index is 14.6. The van der Waals surface area contributed by atoms with E-state index in [1.807, 2.05) is 12.1 Å². The highest BCUT2D eigenvalue weighted by atomic mass is 31.2. The van der Waals surface area contributed by atoms with E-state index in [0.29, 0.717) is 48.2 Å². The first-order valence-corrected chi connectivity index (χ1v) is 26.1. The number of nitrogens with zero attached hydrogens (tertiary/aromatic N) is 3. The number of phosphoric acid groups is 1. The zero-order valence-corrected chi connectivity index (χ0v) is 42.2. The molecule has 1 aliphatic heterocycles. The van der Waals surface area contributed by atoms with Gasteiger partial charge in [0.05, 0.1) is 45.0 Å². The molecule has 5 aliphatic rings. The largest absolute Gasteiger partial charge is 0.497 e. The van der Waals surface area contributed by atoms with E-state index >= 15 is 0 Å². The fourth-order valence-electron chi connectivity index (χ4n) is 12.7. The van der Waals surface area contributed by atoms with Gasteiger partial charge < -0.3 is 29.4 Å². The highest BCUT2D eigenvalue weighted by molar-refractivity contribution is 7.48. The van der Waals surface area contributed by atoms with E-state index in [-0.39, 0.29) is 41.2 Å². The van der Waals surface area contributed by atoms with Crippen molar-refractivity contribution in [3.63, 3.8) is 0 Å². The summed E-state index contributed by atoms with van der Waals surface area (Å²) in [6.45, 7) is 13.3. The molecule has 3 saturated carbocycles. The molecule has 1 amide bonds. The minimum atomic E-state index is -4.49. The molecule has 1 aromatic heterocycles. The van der Waals surface area contributed by atoms with Gasteiger partial charge in [-0.1, -0.05) is 65.5 Å². The summed E-state index contributed by atoms with van der Waals surface area (Å²) in [4.78, 5) is 55.4. The van der Waals surface area contributed by atoms with Gasteiger partial charge in [0.1, 0.15) is 17.7 Å². The quantitative estimate of drug-likeness (QED) is 0.0581. The molecule has 0 bridgehead atoms. The van der Waals surface area contributed by atoms with Crippen molar-refractivity contribution in [1.29, 1.82) is 5.26 Å². The van der Waals surface area contributed by atoms with Crippen molar-refractivity contribution in [1.82, 2.24) is 9.55 Å². The van der Waals surface area contributed by atoms with Crippen LogP contribution in [0.5, 0.6) is 5.75 Å². The number of aliphatic hydroxyl groups excluding tert-OH is 1. The molecule has 0 spiro atoms. The summed E-state index contributed by atoms with van der Waals surface area (Å²) in [7, 11) is -2.99. The third-order valence-electron chi connectivity index (χ3n) is 16.0. The molecule has 4 fully saturated rings. The van der Waals surface area contributed by atoms with Gasteiger partial charge in [0.2, 0.25) is 0 Å². The lowest BCUT2D eigenvalue weighted by molar-refractivity contribution is -0.165. The van der Waals surface area contributed by atoms with Crippen LogP contribution in [0.1, 0.15) is 136 Å². The Morgan fingerprint density at radius 2 is 1.71 bits per heavy atom. The molecule has 2 aromatic rings. The Bertz CT molecular complexity index is 2350. The molecule has 7 rings (SSSR count). The summed E-state index contributed by atoms with van der Waals surface area (Å²) in [5.41, 5.74) is 0.463. The fourth-order valence-corrected chi connectivity index (χ4v) is 14.1. The summed E-state index contributed by atoms with van der Waals surface area (Å²) < 4.78 is 56.2. The van der Waals surface area contributed by atoms with Gasteiger partial charge in [-0.25, -0.2) is 9.36 Å². The Morgan fingerprint density at radius 3 is 2.38 bits per heavy atom. The van der Waals surface area contributed by atoms with E-state index in [1.165, 1.54) is 45.1 Å². The molecule has 69 heavy (non-hydrogen) atoms. The second-order valence-electron chi connectivity index (χ2n) is 20.8. The molecule has 18 heteroatoms. The Balaban J connectivity index is 1.06. The Hall–Kier alpha value is -4.43. The van der Waals surface area contributed by atoms with Crippen LogP contribution >= 0.6 is 7.82 Å². The summed E-state index contributed by atoms with van der Waals surface area (Å²) in [6.07, 6.45) is 6.42. The standard InChI is InChI=1S/C51H71N4O13P/c1-30(2)11-9-12-31(3)38-17-18-39-44-40(20-23-51(38,39)7)50(6)22-19-37(27-35(50)28-41(44)58)68-69(61,63-26-10-24-52)64-29-42-45(65-32(4)56)46(66-33(5)57)48(67-42)55-25-21-43(54-49(55)60)53-47(59)34-13-15-36(62-8)16-14-34/h13-16,21,25,28,30-31,37-42,44-46,48,58H,9-12,17-20,22-23,26-27,29H2,1-8H3,(H,53,54,59,60)/t31-,37-,38+,39-,40-,41-,42+,44-,45+,46-,48+,50-,51+,69?/m0/s1. The van der Waals surface area contributed by atoms with E-state index < -0.39 is 74.7 Å². The van der Waals surface area contributed by atoms with Gasteiger partial charge in [-0.3, -0.25) is 32.5 Å². The number of anilines is 1. The number of methoxy groups -OCH3 is 1. The van der Waals surface area contributed by atoms with Crippen LogP contribution < -0.4 is 15.7 Å². The third-order valence-corrected chi connectivity index (χ3v) is 17.5. The lowest BCUT2D eigenvalue weighted by atomic mass is 9.46. The van der Waals surface area contributed by atoms with Crippen molar-refractivity contribution in [2.45, 2.75) is 156 Å². The van der Waals surface area contributed by atoms with E-state index in [4.69, 9.17) is 32.5 Å². The number of amides is 1. The first-order valence-electron chi connectivity index (χ1n) is 24.7. The summed E-state index contributed by atoms with van der Waals surface area (Å²) in [5.74, 6) is 1.30. The van der Waals surface area contributed by atoms with Crippen molar-refractivity contribution in [3.8, 4) is 11.8 Å². The lowest BCUT2D eigenvalue weighted by Gasteiger charge is -2.59. The maximum atomic E-state index is 14.6. The number of ether oxygens (including phenoxy) is 4. The Labute approximate surface area is 405 Å². The maximum Gasteiger partial charge on any atom is 0.475 e. The van der Waals surface area contributed by atoms with Gasteiger partial charge in [0, 0.05) is 25.6 Å². The van der Waals surface area contributed by atoms with Crippen LogP contribution in [0.4, 0.5) is 5.82 Å². The lowest BCUT2D eigenvalue weighted by Crippen LogP contribution is -2.55. The Morgan fingerprint density at radius 1 is 0.986 bits per heavy atom. The number of aliphatic hydroxyl groups is 1. The summed E-state index contributed by atoms with van der Waals surface area (Å²) >= 11 is 0. The molecule has 2 N–H and O–H groups in total. The number of phosphoric ester groups is 1. The molecule has 378 valence electrons. The number of hydrogen-bond acceptors (Lipinski definition) is 15. The average Bonchev–Trinajstić information content (AvgIpc) is 3.81. The monoisotopic (exact) mass is 978 g/mol. The molecule has 1 aromatic carbocycles. The smallest absolute Gasteiger partial charge is 0.475 e. The molecule has 17 nitrogen and oxygen atoms in total. The van der Waals surface area contributed by atoms with E-state index in [9.17, 15) is 34.1 Å². The van der Waals surface area contributed by atoms with Crippen LogP contribution in [0.3, 0.4) is 0 Å². The number of fused-ring (bicyclic) bond motifs is 5. The molecule has 1 unspecified atom stereocenters. The first-order chi connectivity index (χ1) is 32.8. The molecular formula is C51H71N4O13P. The highest BCUT2D eigenvalue weighted by Crippen LogP contribution is 2.68. The Kier molecular flexibility index (Phi) is 16.6. The van der Waals surface area contributed by atoms with Crippen molar-refractivity contribution < 1.29 is 56.6 Å². The highest BCUT2D eigenvalue weighted by Gasteiger charge is 2.61. The van der Waals surface area contributed by atoms with Crippen LogP contribution in [0, 0.1) is 57.7 Å². The molecule has 2 heterocycles. The molecule has 0 radical (unpaired) electrons. The van der Waals surface area contributed by atoms with Crippen molar-refractivity contribution in [3.05, 3.63) is 64.2 Å². The van der Waals surface area contributed by atoms with Crippen LogP contribution in [0.15, 0.2) is 53.0 Å². The van der Waals surface area contributed by atoms with Crippen molar-refractivity contribution >= 4 is 31.5 Å². The molecular weight excluding hydrogens is 908 g/mol. The van der Waals surface area contributed by atoms with Gasteiger partial charge in [-0.15, -0.1) is 0 Å². The van der Waals surface area contributed by atoms with Gasteiger partial charge in [-0.05, 0) is 122 Å². The van der Waals surface area contributed by atoms with E-state index in [1.54, 1.807) is 24.3 Å². The molecule has 14 atom stereocenters. The minimum Gasteiger partial charge on any atom is -0.497 e. The normalized spacial score (nSPS) is 32.9. The van der Waals surface area contributed by atoms with Gasteiger partial charge >= 0.3 is 25.5 Å². The number of rotatable bonds is 19. The number of aromatic nitrogens is 2. The molecule has 4 aliphatic carbocycles. The molecule has 1 saturated heterocycles. The second-order valence-corrected chi connectivity index (χ2v) is 22.4. The number of carbonyl (C=O) groups excluding carboxylic acids is 3. The van der Waals surface area contributed by atoms with E-state index in [0.717, 1.165) is 49.7 Å². The fraction of sp³-hybridized carbons (Fsp3) is 0.686. The SMILES string of the molecule is COc1ccc(C(=O)Nc2ccn([C@@H]3O[C@H](COP(=O)(OCCC#N)O[C@H]4CC[C@@]5(C)C(=C[C@H](O)[C@H]6[C@@H]7CC[C@H]([C@@H](C)CCCC(C)C)[C@@]7(C)CC[C@@H]65)C4)[C@@H](OC(C)=O)[C@@H]3OC(C)=O)c(=O)n2)cc1. The zero-order chi connectivity index (χ0) is 49.8. The summed E-state index contributed by atoms with van der Waals surface area (Å²) in [6, 6.07) is 9.63. The minimum absolute atomic E-state index is 0.0777. The second kappa shape index (κ2) is 21.9. The number of nitrogens with one attached hydrogen (secondary N) is 1. The number of esters is 2. The topological polar surface area (TPSA) is 224 Å². The predicted octanol–water partition coefficient (Wildman–Crippen LogP) is 8.72. The number of benzene rings is 1. The van der Waals surface area contributed by atoms with Crippen molar-refractivity contribution in [2.24, 2.45) is 46.3 Å². The number of carbonyl (C=O) groups is 3. The first kappa shape index (κ1) is 52.4. The van der Waals surface area contributed by atoms with Crippen LogP contribution in [-0.2, 0) is 41.9 Å².